The SMILES string of the molecule is CS(=O)(=O)CC(=O)Nc1cc2ccccc2cc1C(=O)O. The largest absolute Gasteiger partial charge is 0.478 e. The minimum atomic E-state index is -3.48. The first-order valence-electron chi connectivity index (χ1n) is 6.00. The van der Waals surface area contributed by atoms with Gasteiger partial charge in [-0.1, -0.05) is 24.3 Å². The van der Waals surface area contributed by atoms with Crippen LogP contribution in [0.1, 0.15) is 10.4 Å². The van der Waals surface area contributed by atoms with Gasteiger partial charge in [-0.3, -0.25) is 4.79 Å². The van der Waals surface area contributed by atoms with Gasteiger partial charge < -0.3 is 10.4 Å². The Morgan fingerprint density at radius 2 is 1.71 bits per heavy atom. The second kappa shape index (κ2) is 5.53. The number of amides is 1. The van der Waals surface area contributed by atoms with Crippen LogP contribution in [0.25, 0.3) is 10.8 Å². The molecule has 0 bridgehead atoms. The summed E-state index contributed by atoms with van der Waals surface area (Å²) in [4.78, 5) is 22.9. The molecule has 0 radical (unpaired) electrons. The van der Waals surface area contributed by atoms with Crippen molar-refractivity contribution in [2.24, 2.45) is 0 Å². The van der Waals surface area contributed by atoms with Gasteiger partial charge in [0.15, 0.2) is 9.84 Å². The van der Waals surface area contributed by atoms with Crippen molar-refractivity contribution < 1.29 is 23.1 Å². The third-order valence-electron chi connectivity index (χ3n) is 2.78. The maximum atomic E-state index is 11.7. The summed E-state index contributed by atoms with van der Waals surface area (Å²) in [5.41, 5.74) is -0.00889. The fourth-order valence-corrected chi connectivity index (χ4v) is 2.49. The first-order chi connectivity index (χ1) is 9.76. The van der Waals surface area contributed by atoms with Crippen LogP contribution in [0, 0.1) is 0 Å². The van der Waals surface area contributed by atoms with Gasteiger partial charge in [-0.2, -0.15) is 0 Å². The summed E-state index contributed by atoms with van der Waals surface area (Å²) in [6.45, 7) is 0. The van der Waals surface area contributed by atoms with Crippen LogP contribution in [0.4, 0.5) is 5.69 Å². The van der Waals surface area contributed by atoms with Crippen molar-refractivity contribution in [3.8, 4) is 0 Å². The molecule has 21 heavy (non-hydrogen) atoms. The van der Waals surface area contributed by atoms with E-state index in [0.717, 1.165) is 17.0 Å². The van der Waals surface area contributed by atoms with Gasteiger partial charge in [-0.15, -0.1) is 0 Å². The topological polar surface area (TPSA) is 101 Å². The molecular formula is C14H13NO5S. The van der Waals surface area contributed by atoms with Crippen LogP contribution >= 0.6 is 0 Å². The summed E-state index contributed by atoms with van der Waals surface area (Å²) in [6.07, 6.45) is 0.936. The lowest BCUT2D eigenvalue weighted by atomic mass is 10.0. The predicted octanol–water partition coefficient (Wildman–Crippen LogP) is 1.52. The Morgan fingerprint density at radius 1 is 1.14 bits per heavy atom. The van der Waals surface area contributed by atoms with E-state index >= 15 is 0 Å². The lowest BCUT2D eigenvalue weighted by Crippen LogP contribution is -2.23. The summed E-state index contributed by atoms with van der Waals surface area (Å²) in [6, 6.07) is 10.0. The van der Waals surface area contributed by atoms with Crippen molar-refractivity contribution >= 4 is 38.2 Å². The number of carboxylic acids is 1. The Kier molecular flexibility index (Phi) is 3.95. The maximum Gasteiger partial charge on any atom is 0.337 e. The van der Waals surface area contributed by atoms with Gasteiger partial charge in [-0.25, -0.2) is 13.2 Å². The van der Waals surface area contributed by atoms with Crippen molar-refractivity contribution in [1.29, 1.82) is 0 Å². The molecule has 2 aromatic carbocycles. The molecule has 2 aromatic rings. The van der Waals surface area contributed by atoms with Gasteiger partial charge in [0.1, 0.15) is 5.75 Å². The Labute approximate surface area is 121 Å². The lowest BCUT2D eigenvalue weighted by molar-refractivity contribution is -0.113. The smallest absolute Gasteiger partial charge is 0.337 e. The zero-order valence-corrected chi connectivity index (χ0v) is 12.0. The van der Waals surface area contributed by atoms with E-state index in [0.29, 0.717) is 0 Å². The molecule has 0 fully saturated rings. The summed E-state index contributed by atoms with van der Waals surface area (Å²) in [5, 5.41) is 13.0. The second-order valence-corrected chi connectivity index (χ2v) is 6.81. The van der Waals surface area contributed by atoms with Crippen LogP contribution in [-0.4, -0.2) is 37.4 Å². The first kappa shape index (κ1) is 15.0. The first-order valence-corrected chi connectivity index (χ1v) is 8.06. The third kappa shape index (κ3) is 3.79. The molecule has 0 saturated heterocycles. The number of carboxylic acid groups (broad SMARTS) is 1. The Bertz CT molecular complexity index is 826. The number of carbonyl (C=O) groups is 2. The number of benzene rings is 2. The lowest BCUT2D eigenvalue weighted by Gasteiger charge is -2.10. The average molecular weight is 307 g/mol. The van der Waals surface area contributed by atoms with Crippen molar-refractivity contribution in [3.63, 3.8) is 0 Å². The monoisotopic (exact) mass is 307 g/mol. The average Bonchev–Trinajstić information content (AvgIpc) is 2.35. The zero-order valence-electron chi connectivity index (χ0n) is 11.2. The molecule has 0 spiro atoms. The minimum Gasteiger partial charge on any atom is -0.478 e. The molecule has 7 heteroatoms. The number of anilines is 1. The van der Waals surface area contributed by atoms with Gasteiger partial charge in [0, 0.05) is 6.26 Å². The molecule has 6 nitrogen and oxygen atoms in total. The van der Waals surface area contributed by atoms with Crippen LogP contribution in [0.3, 0.4) is 0 Å². The van der Waals surface area contributed by atoms with Crippen LogP contribution in [0.15, 0.2) is 36.4 Å². The van der Waals surface area contributed by atoms with Crippen molar-refractivity contribution in [1.82, 2.24) is 0 Å². The van der Waals surface area contributed by atoms with Crippen molar-refractivity contribution in [2.45, 2.75) is 0 Å². The van der Waals surface area contributed by atoms with E-state index < -0.39 is 27.5 Å². The van der Waals surface area contributed by atoms with Crippen LogP contribution < -0.4 is 5.32 Å². The molecule has 2 rings (SSSR count). The van der Waals surface area contributed by atoms with E-state index in [4.69, 9.17) is 0 Å². The highest BCUT2D eigenvalue weighted by Gasteiger charge is 2.16. The van der Waals surface area contributed by atoms with E-state index in [-0.39, 0.29) is 11.3 Å². The number of rotatable bonds is 4. The van der Waals surface area contributed by atoms with E-state index in [1.165, 1.54) is 12.1 Å². The number of carbonyl (C=O) groups excluding carboxylic acids is 1. The van der Waals surface area contributed by atoms with Crippen LogP contribution in [0.2, 0.25) is 0 Å². The quantitative estimate of drug-likeness (QED) is 0.892. The summed E-state index contributed by atoms with van der Waals surface area (Å²) >= 11 is 0. The Hall–Kier alpha value is -2.41. The summed E-state index contributed by atoms with van der Waals surface area (Å²) < 4.78 is 22.2. The molecular weight excluding hydrogens is 294 g/mol. The van der Waals surface area contributed by atoms with Gasteiger partial charge in [-0.05, 0) is 22.9 Å². The van der Waals surface area contributed by atoms with E-state index in [9.17, 15) is 23.1 Å². The van der Waals surface area contributed by atoms with Gasteiger partial charge in [0.2, 0.25) is 5.91 Å². The highest BCUT2D eigenvalue weighted by atomic mass is 32.2. The fraction of sp³-hybridized carbons (Fsp3) is 0.143. The number of hydrogen-bond donors (Lipinski definition) is 2. The molecule has 0 aliphatic heterocycles. The van der Waals surface area contributed by atoms with Gasteiger partial charge in [0.25, 0.3) is 0 Å². The van der Waals surface area contributed by atoms with Crippen LogP contribution in [-0.2, 0) is 14.6 Å². The van der Waals surface area contributed by atoms with E-state index in [2.05, 4.69) is 5.32 Å². The molecule has 110 valence electrons. The zero-order chi connectivity index (χ0) is 15.6. The molecule has 0 aliphatic carbocycles. The molecule has 0 atom stereocenters. The van der Waals surface area contributed by atoms with Crippen molar-refractivity contribution in [3.05, 3.63) is 42.0 Å². The van der Waals surface area contributed by atoms with Crippen molar-refractivity contribution in [2.75, 3.05) is 17.3 Å². The number of hydrogen-bond acceptors (Lipinski definition) is 4. The standard InChI is InChI=1S/C14H13NO5S/c1-21(19,20)8-13(16)15-12-7-10-5-3-2-4-9(10)6-11(12)14(17)18/h2-7H,8H2,1H3,(H,15,16)(H,17,18). The van der Waals surface area contributed by atoms with Gasteiger partial charge >= 0.3 is 5.97 Å². The van der Waals surface area contributed by atoms with E-state index in [1.54, 1.807) is 24.3 Å². The second-order valence-electron chi connectivity index (χ2n) is 4.67. The summed E-state index contributed by atoms with van der Waals surface area (Å²) in [5.74, 6) is -2.66. The minimum absolute atomic E-state index is 0.0786. The number of nitrogens with one attached hydrogen (secondary N) is 1. The molecule has 0 aromatic heterocycles. The molecule has 2 N–H and O–H groups in total. The molecule has 0 aliphatic rings. The molecule has 0 heterocycles. The third-order valence-corrected chi connectivity index (χ3v) is 3.57. The highest BCUT2D eigenvalue weighted by Crippen LogP contribution is 2.24. The summed E-state index contributed by atoms with van der Waals surface area (Å²) in [7, 11) is -3.48. The molecule has 0 saturated carbocycles. The fourth-order valence-electron chi connectivity index (χ4n) is 1.95. The Balaban J connectivity index is 2.44. The van der Waals surface area contributed by atoms with E-state index in [1.807, 2.05) is 0 Å². The predicted molar refractivity (Wildman–Crippen MR) is 79.2 cm³/mol. The molecule has 1 amide bonds. The number of fused-ring (bicyclic) bond motifs is 1. The number of aromatic carboxylic acids is 1. The maximum absolute atomic E-state index is 11.7. The Morgan fingerprint density at radius 3 is 2.24 bits per heavy atom. The van der Waals surface area contributed by atoms with Gasteiger partial charge in [0.05, 0.1) is 11.3 Å². The normalized spacial score (nSPS) is 11.3. The molecule has 0 unspecified atom stereocenters. The number of sulfone groups is 1. The van der Waals surface area contributed by atoms with Crippen LogP contribution in [0.5, 0.6) is 0 Å². The highest BCUT2D eigenvalue weighted by molar-refractivity contribution is 7.91.